The van der Waals surface area contributed by atoms with Gasteiger partial charge in [-0.15, -0.1) is 0 Å². The van der Waals surface area contributed by atoms with Gasteiger partial charge in [0.2, 0.25) is 10.0 Å². The summed E-state index contributed by atoms with van der Waals surface area (Å²) in [6.45, 7) is 1.67. The summed E-state index contributed by atoms with van der Waals surface area (Å²) in [5, 5.41) is 0. The van der Waals surface area contributed by atoms with Crippen molar-refractivity contribution in [1.82, 2.24) is 4.72 Å². The van der Waals surface area contributed by atoms with E-state index in [1.165, 1.54) is 30.3 Å². The Balaban J connectivity index is 2.10. The van der Waals surface area contributed by atoms with Crippen molar-refractivity contribution in [2.24, 2.45) is 0 Å². The molecule has 0 aliphatic heterocycles. The molecule has 112 valence electrons. The lowest BCUT2D eigenvalue weighted by Gasteiger charge is -2.14. The zero-order valence-corrected chi connectivity index (χ0v) is 12.2. The van der Waals surface area contributed by atoms with Crippen LogP contribution in [0.1, 0.15) is 12.5 Å². The number of rotatable bonds is 5. The van der Waals surface area contributed by atoms with Crippen molar-refractivity contribution >= 4 is 10.0 Å². The number of hydrogen-bond acceptors (Lipinski definition) is 2. The first-order chi connectivity index (χ1) is 9.88. The second-order valence-corrected chi connectivity index (χ2v) is 6.47. The van der Waals surface area contributed by atoms with E-state index in [4.69, 9.17) is 0 Å². The highest BCUT2D eigenvalue weighted by Crippen LogP contribution is 2.14. The lowest BCUT2D eigenvalue weighted by atomic mass is 10.1. The van der Waals surface area contributed by atoms with Crippen LogP contribution in [0.15, 0.2) is 53.4 Å². The molecule has 0 saturated heterocycles. The molecule has 21 heavy (non-hydrogen) atoms. The molecule has 0 radical (unpaired) electrons. The predicted octanol–water partition coefficient (Wildman–Crippen LogP) is 2.87. The zero-order valence-electron chi connectivity index (χ0n) is 11.4. The van der Waals surface area contributed by atoms with E-state index in [-0.39, 0.29) is 10.7 Å². The SMILES string of the molecule is CC(Cc1ccc(F)cc1)NS(=O)(=O)c1ccccc1F. The summed E-state index contributed by atoms with van der Waals surface area (Å²) in [5.74, 6) is -1.14. The summed E-state index contributed by atoms with van der Waals surface area (Å²) in [7, 11) is -3.92. The molecule has 1 unspecified atom stereocenters. The minimum Gasteiger partial charge on any atom is -0.208 e. The van der Waals surface area contributed by atoms with Gasteiger partial charge in [-0.2, -0.15) is 0 Å². The zero-order chi connectivity index (χ0) is 15.5. The van der Waals surface area contributed by atoms with Gasteiger partial charge in [-0.25, -0.2) is 21.9 Å². The van der Waals surface area contributed by atoms with E-state index >= 15 is 0 Å². The Morgan fingerprint density at radius 3 is 2.29 bits per heavy atom. The van der Waals surface area contributed by atoms with E-state index in [2.05, 4.69) is 4.72 Å². The predicted molar refractivity (Wildman–Crippen MR) is 76.3 cm³/mol. The highest BCUT2D eigenvalue weighted by atomic mass is 32.2. The van der Waals surface area contributed by atoms with Crippen molar-refractivity contribution in [3.05, 3.63) is 65.7 Å². The fourth-order valence-electron chi connectivity index (χ4n) is 2.01. The first-order valence-electron chi connectivity index (χ1n) is 6.40. The monoisotopic (exact) mass is 311 g/mol. The molecule has 2 rings (SSSR count). The van der Waals surface area contributed by atoms with Gasteiger partial charge in [0, 0.05) is 6.04 Å². The maximum Gasteiger partial charge on any atom is 0.243 e. The first kappa shape index (κ1) is 15.6. The molecular formula is C15H15F2NO2S. The van der Waals surface area contributed by atoms with Crippen LogP contribution in [0.3, 0.4) is 0 Å². The van der Waals surface area contributed by atoms with Crippen molar-refractivity contribution in [2.75, 3.05) is 0 Å². The van der Waals surface area contributed by atoms with Gasteiger partial charge >= 0.3 is 0 Å². The fourth-order valence-corrected chi connectivity index (χ4v) is 3.33. The van der Waals surface area contributed by atoms with E-state index in [1.807, 2.05) is 0 Å². The molecule has 0 aliphatic carbocycles. The molecule has 2 aromatic carbocycles. The molecule has 0 aliphatic rings. The van der Waals surface area contributed by atoms with E-state index < -0.39 is 21.9 Å². The highest BCUT2D eigenvalue weighted by Gasteiger charge is 2.20. The number of hydrogen-bond donors (Lipinski definition) is 1. The van der Waals surface area contributed by atoms with Gasteiger partial charge in [-0.3, -0.25) is 0 Å². The maximum absolute atomic E-state index is 13.5. The van der Waals surface area contributed by atoms with E-state index in [9.17, 15) is 17.2 Å². The second kappa shape index (κ2) is 6.32. The molecule has 0 fully saturated rings. The van der Waals surface area contributed by atoms with Crippen LogP contribution in [0.5, 0.6) is 0 Å². The lowest BCUT2D eigenvalue weighted by molar-refractivity contribution is 0.542. The first-order valence-corrected chi connectivity index (χ1v) is 7.88. The summed E-state index contributed by atoms with van der Waals surface area (Å²) < 4.78 is 53.0. The lowest BCUT2D eigenvalue weighted by Crippen LogP contribution is -2.34. The second-order valence-electron chi connectivity index (χ2n) is 4.78. The van der Waals surface area contributed by atoms with Crippen molar-refractivity contribution in [3.63, 3.8) is 0 Å². The minimum atomic E-state index is -3.92. The summed E-state index contributed by atoms with van der Waals surface area (Å²) in [6.07, 6.45) is 0.383. The van der Waals surface area contributed by atoms with Crippen LogP contribution in [-0.4, -0.2) is 14.5 Å². The van der Waals surface area contributed by atoms with Gasteiger partial charge in [0.1, 0.15) is 16.5 Å². The summed E-state index contributed by atoms with van der Waals surface area (Å²) in [6, 6.07) is 10.5. The van der Waals surface area contributed by atoms with Crippen LogP contribution in [-0.2, 0) is 16.4 Å². The van der Waals surface area contributed by atoms with E-state index in [0.717, 1.165) is 11.6 Å². The molecule has 0 aromatic heterocycles. The van der Waals surface area contributed by atoms with Crippen LogP contribution in [0.4, 0.5) is 8.78 Å². The van der Waals surface area contributed by atoms with Gasteiger partial charge in [0.05, 0.1) is 0 Å². The average molecular weight is 311 g/mol. The molecule has 2 aromatic rings. The Morgan fingerprint density at radius 2 is 1.67 bits per heavy atom. The number of sulfonamides is 1. The van der Waals surface area contributed by atoms with Gasteiger partial charge < -0.3 is 0 Å². The molecule has 3 nitrogen and oxygen atoms in total. The fraction of sp³-hybridized carbons (Fsp3) is 0.200. The molecule has 0 amide bonds. The highest BCUT2D eigenvalue weighted by molar-refractivity contribution is 7.89. The molecular weight excluding hydrogens is 296 g/mol. The third kappa shape index (κ3) is 4.09. The minimum absolute atomic E-state index is 0.349. The Bertz CT molecular complexity index is 715. The molecule has 0 heterocycles. The van der Waals surface area contributed by atoms with Crippen LogP contribution < -0.4 is 4.72 Å². The standard InChI is InChI=1S/C15H15F2NO2S/c1-11(10-12-6-8-13(16)9-7-12)18-21(19,20)15-5-3-2-4-14(15)17/h2-9,11,18H,10H2,1H3. The van der Waals surface area contributed by atoms with Crippen LogP contribution in [0.2, 0.25) is 0 Å². The van der Waals surface area contributed by atoms with Gasteiger partial charge in [-0.05, 0) is 43.2 Å². The van der Waals surface area contributed by atoms with Crippen LogP contribution in [0, 0.1) is 11.6 Å². The molecule has 0 saturated carbocycles. The molecule has 6 heteroatoms. The normalized spacial score (nSPS) is 13.1. The van der Waals surface area contributed by atoms with Crippen molar-refractivity contribution < 1.29 is 17.2 Å². The smallest absolute Gasteiger partial charge is 0.208 e. The van der Waals surface area contributed by atoms with Crippen molar-refractivity contribution in [1.29, 1.82) is 0 Å². The van der Waals surface area contributed by atoms with Gasteiger partial charge in [-0.1, -0.05) is 24.3 Å². The Labute approximate surface area is 122 Å². The Hall–Kier alpha value is -1.79. The number of benzene rings is 2. The molecule has 1 atom stereocenters. The van der Waals surface area contributed by atoms with Crippen molar-refractivity contribution in [2.45, 2.75) is 24.3 Å². The Morgan fingerprint density at radius 1 is 1.05 bits per heavy atom. The Kier molecular flexibility index (Phi) is 4.69. The summed E-state index contributed by atoms with van der Waals surface area (Å²) >= 11 is 0. The maximum atomic E-state index is 13.5. The molecule has 0 bridgehead atoms. The van der Waals surface area contributed by atoms with Gasteiger partial charge in [0.25, 0.3) is 0 Å². The quantitative estimate of drug-likeness (QED) is 0.923. The number of nitrogens with one attached hydrogen (secondary N) is 1. The van der Waals surface area contributed by atoms with Gasteiger partial charge in [0.15, 0.2) is 0 Å². The molecule has 0 spiro atoms. The van der Waals surface area contributed by atoms with Crippen LogP contribution in [0.25, 0.3) is 0 Å². The summed E-state index contributed by atoms with van der Waals surface area (Å²) in [5.41, 5.74) is 0.792. The number of halogens is 2. The average Bonchev–Trinajstić information content (AvgIpc) is 2.41. The third-order valence-electron chi connectivity index (χ3n) is 2.94. The topological polar surface area (TPSA) is 46.2 Å². The molecule has 1 N–H and O–H groups in total. The van der Waals surface area contributed by atoms with Crippen LogP contribution >= 0.6 is 0 Å². The largest absolute Gasteiger partial charge is 0.243 e. The summed E-state index contributed by atoms with van der Waals surface area (Å²) in [4.78, 5) is -0.379. The van der Waals surface area contributed by atoms with E-state index in [1.54, 1.807) is 19.1 Å². The third-order valence-corrected chi connectivity index (χ3v) is 4.56. The van der Waals surface area contributed by atoms with E-state index in [0.29, 0.717) is 6.42 Å². The van der Waals surface area contributed by atoms with Crippen molar-refractivity contribution in [3.8, 4) is 0 Å².